The molecule has 5 nitrogen and oxygen atoms in total. The number of amides is 1. The van der Waals surface area contributed by atoms with Gasteiger partial charge in [-0.15, -0.1) is 0 Å². The molecule has 1 amide bonds. The van der Waals surface area contributed by atoms with Gasteiger partial charge in [0.05, 0.1) is 37.6 Å². The van der Waals surface area contributed by atoms with Gasteiger partial charge in [0.1, 0.15) is 11.5 Å². The highest BCUT2D eigenvalue weighted by Crippen LogP contribution is 2.25. The van der Waals surface area contributed by atoms with Crippen LogP contribution in [0, 0.1) is 19.7 Å². The Kier molecular flexibility index (Phi) is 5.95. The number of hydrogen-bond donors (Lipinski definition) is 2. The molecule has 3 aromatic rings. The number of aryl methyl sites for hydroxylation is 2. The normalized spacial score (nSPS) is 14.2. The SMILES string of the molecule is Cc1ccc(C)c(-n2nc(-c3ccccc3F)cc2C(=O)NCC[NH+]2CCCC2)c1. The van der Waals surface area contributed by atoms with Crippen LogP contribution in [0.25, 0.3) is 16.9 Å². The Labute approximate surface area is 176 Å². The Bertz CT molecular complexity index is 1050. The van der Waals surface area contributed by atoms with E-state index >= 15 is 0 Å². The molecule has 1 fully saturated rings. The monoisotopic (exact) mass is 407 g/mol. The Hall–Kier alpha value is -2.99. The second kappa shape index (κ2) is 8.79. The van der Waals surface area contributed by atoms with Gasteiger partial charge in [-0.2, -0.15) is 5.10 Å². The van der Waals surface area contributed by atoms with Crippen molar-refractivity contribution in [1.82, 2.24) is 15.1 Å². The second-order valence-corrected chi connectivity index (χ2v) is 8.06. The molecule has 0 atom stereocenters. The van der Waals surface area contributed by atoms with Gasteiger partial charge >= 0.3 is 0 Å². The number of nitrogens with one attached hydrogen (secondary N) is 2. The molecule has 6 heteroatoms. The molecular weight excluding hydrogens is 379 g/mol. The van der Waals surface area contributed by atoms with Crippen molar-refractivity contribution in [3.63, 3.8) is 0 Å². The predicted molar refractivity (Wildman–Crippen MR) is 116 cm³/mol. The van der Waals surface area contributed by atoms with Crippen molar-refractivity contribution in [2.75, 3.05) is 26.2 Å². The van der Waals surface area contributed by atoms with Crippen molar-refractivity contribution in [3.8, 4) is 16.9 Å². The van der Waals surface area contributed by atoms with Crippen molar-refractivity contribution in [2.45, 2.75) is 26.7 Å². The molecule has 2 heterocycles. The van der Waals surface area contributed by atoms with Gasteiger partial charge in [-0.25, -0.2) is 9.07 Å². The van der Waals surface area contributed by atoms with Crippen LogP contribution in [0.2, 0.25) is 0 Å². The number of hydrogen-bond acceptors (Lipinski definition) is 2. The lowest BCUT2D eigenvalue weighted by Gasteiger charge is -2.14. The van der Waals surface area contributed by atoms with E-state index in [1.807, 2.05) is 32.0 Å². The number of quaternary nitrogens is 1. The van der Waals surface area contributed by atoms with E-state index in [1.54, 1.807) is 28.9 Å². The third kappa shape index (κ3) is 4.28. The predicted octanol–water partition coefficient (Wildman–Crippen LogP) is 2.70. The molecule has 0 bridgehead atoms. The first kappa shape index (κ1) is 20.3. The summed E-state index contributed by atoms with van der Waals surface area (Å²) in [6.45, 7) is 7.87. The molecule has 1 aliphatic rings. The number of nitrogens with zero attached hydrogens (tertiary/aromatic N) is 2. The summed E-state index contributed by atoms with van der Waals surface area (Å²) in [5.41, 5.74) is 4.15. The van der Waals surface area contributed by atoms with Crippen molar-refractivity contribution < 1.29 is 14.1 Å². The van der Waals surface area contributed by atoms with E-state index in [0.29, 0.717) is 23.5 Å². The van der Waals surface area contributed by atoms with Crippen LogP contribution < -0.4 is 10.2 Å². The van der Waals surface area contributed by atoms with E-state index in [2.05, 4.69) is 10.4 Å². The molecule has 0 spiro atoms. The minimum atomic E-state index is -0.354. The summed E-state index contributed by atoms with van der Waals surface area (Å²) < 4.78 is 16.0. The summed E-state index contributed by atoms with van der Waals surface area (Å²) >= 11 is 0. The summed E-state index contributed by atoms with van der Waals surface area (Å²) in [6.07, 6.45) is 2.52. The zero-order valence-corrected chi connectivity index (χ0v) is 17.5. The van der Waals surface area contributed by atoms with Crippen LogP contribution in [0.1, 0.15) is 34.5 Å². The molecule has 2 aromatic carbocycles. The molecular formula is C24H28FN4O+. The van der Waals surface area contributed by atoms with Crippen LogP contribution in [-0.2, 0) is 0 Å². The van der Waals surface area contributed by atoms with Gasteiger partial charge in [-0.1, -0.05) is 24.3 Å². The third-order valence-corrected chi connectivity index (χ3v) is 5.76. The molecule has 1 saturated heterocycles. The number of likely N-dealkylation sites (tertiary alicyclic amines) is 1. The summed E-state index contributed by atoms with van der Waals surface area (Å²) in [7, 11) is 0. The third-order valence-electron chi connectivity index (χ3n) is 5.76. The molecule has 0 aliphatic carbocycles. The van der Waals surface area contributed by atoms with E-state index in [9.17, 15) is 9.18 Å². The van der Waals surface area contributed by atoms with Gasteiger partial charge in [0.15, 0.2) is 0 Å². The lowest BCUT2D eigenvalue weighted by Crippen LogP contribution is -3.10. The molecule has 0 unspecified atom stereocenters. The molecule has 0 radical (unpaired) electrons. The van der Waals surface area contributed by atoms with Crippen LogP contribution >= 0.6 is 0 Å². The van der Waals surface area contributed by atoms with E-state index in [0.717, 1.165) is 23.4 Å². The Balaban J connectivity index is 1.67. The first-order chi connectivity index (χ1) is 14.5. The maximum atomic E-state index is 14.4. The molecule has 156 valence electrons. The number of halogens is 1. The zero-order valence-electron chi connectivity index (χ0n) is 17.5. The number of benzene rings is 2. The Morgan fingerprint density at radius 1 is 1.13 bits per heavy atom. The van der Waals surface area contributed by atoms with Crippen LogP contribution in [-0.4, -0.2) is 41.9 Å². The maximum absolute atomic E-state index is 14.4. The van der Waals surface area contributed by atoms with Gasteiger partial charge < -0.3 is 10.2 Å². The first-order valence-corrected chi connectivity index (χ1v) is 10.6. The lowest BCUT2D eigenvalue weighted by atomic mass is 10.1. The standard InChI is InChI=1S/C24H27FN4O/c1-17-9-10-18(2)22(15-17)29-23(24(30)26-11-14-28-12-5-6-13-28)16-21(27-29)19-7-3-4-8-20(19)25/h3-4,7-10,15-16H,5-6,11-14H2,1-2H3,(H,26,30)/p+1. The summed E-state index contributed by atoms with van der Waals surface area (Å²) in [4.78, 5) is 14.6. The van der Waals surface area contributed by atoms with Crippen molar-refractivity contribution in [1.29, 1.82) is 0 Å². The van der Waals surface area contributed by atoms with Crippen molar-refractivity contribution in [3.05, 3.63) is 71.2 Å². The largest absolute Gasteiger partial charge is 0.345 e. The minimum Gasteiger partial charge on any atom is -0.345 e. The fraction of sp³-hybridized carbons (Fsp3) is 0.333. The highest BCUT2D eigenvalue weighted by Gasteiger charge is 2.21. The summed E-state index contributed by atoms with van der Waals surface area (Å²) in [6, 6.07) is 14.2. The molecule has 30 heavy (non-hydrogen) atoms. The molecule has 1 aromatic heterocycles. The summed E-state index contributed by atoms with van der Waals surface area (Å²) in [5, 5.41) is 7.67. The van der Waals surface area contributed by atoms with Crippen LogP contribution in [0.3, 0.4) is 0 Å². The van der Waals surface area contributed by atoms with Gasteiger partial charge in [0, 0.05) is 18.4 Å². The summed E-state index contributed by atoms with van der Waals surface area (Å²) in [5.74, 6) is -0.544. The van der Waals surface area contributed by atoms with E-state index in [1.165, 1.54) is 36.9 Å². The fourth-order valence-corrected chi connectivity index (χ4v) is 4.04. The molecule has 4 rings (SSSR count). The highest BCUT2D eigenvalue weighted by atomic mass is 19.1. The molecule has 2 N–H and O–H groups in total. The van der Waals surface area contributed by atoms with Gasteiger partial charge in [-0.05, 0) is 49.2 Å². The minimum absolute atomic E-state index is 0.190. The van der Waals surface area contributed by atoms with E-state index in [-0.39, 0.29) is 11.7 Å². The first-order valence-electron chi connectivity index (χ1n) is 10.6. The Morgan fingerprint density at radius 2 is 1.90 bits per heavy atom. The highest BCUT2D eigenvalue weighted by molar-refractivity contribution is 5.94. The van der Waals surface area contributed by atoms with Gasteiger partial charge in [-0.3, -0.25) is 4.79 Å². The molecule has 1 aliphatic heterocycles. The fourth-order valence-electron chi connectivity index (χ4n) is 4.04. The topological polar surface area (TPSA) is 51.4 Å². The number of carbonyl (C=O) groups is 1. The smallest absolute Gasteiger partial charge is 0.270 e. The van der Waals surface area contributed by atoms with Gasteiger partial charge in [0.2, 0.25) is 0 Å². The van der Waals surface area contributed by atoms with Crippen LogP contribution in [0.5, 0.6) is 0 Å². The number of rotatable bonds is 6. The molecule has 0 saturated carbocycles. The number of carbonyl (C=O) groups excluding carboxylic acids is 1. The van der Waals surface area contributed by atoms with E-state index < -0.39 is 0 Å². The second-order valence-electron chi connectivity index (χ2n) is 8.06. The quantitative estimate of drug-likeness (QED) is 0.660. The van der Waals surface area contributed by atoms with Gasteiger partial charge in [0.25, 0.3) is 5.91 Å². The van der Waals surface area contributed by atoms with Crippen LogP contribution in [0.15, 0.2) is 48.5 Å². The Morgan fingerprint density at radius 3 is 2.67 bits per heavy atom. The van der Waals surface area contributed by atoms with Crippen molar-refractivity contribution >= 4 is 5.91 Å². The average molecular weight is 408 g/mol. The lowest BCUT2D eigenvalue weighted by molar-refractivity contribution is -0.886. The number of aromatic nitrogens is 2. The maximum Gasteiger partial charge on any atom is 0.270 e. The zero-order chi connectivity index (χ0) is 21.1. The van der Waals surface area contributed by atoms with Crippen LogP contribution in [0.4, 0.5) is 4.39 Å². The van der Waals surface area contributed by atoms with E-state index in [4.69, 9.17) is 0 Å². The van der Waals surface area contributed by atoms with Crippen molar-refractivity contribution in [2.24, 2.45) is 0 Å². The average Bonchev–Trinajstić information content (AvgIpc) is 3.40.